The maximum atomic E-state index is 9.50. The van der Waals surface area contributed by atoms with Crippen molar-refractivity contribution in [3.05, 3.63) is 22.2 Å². The third-order valence-corrected chi connectivity index (χ3v) is 2.39. The van der Waals surface area contributed by atoms with E-state index in [1.807, 2.05) is 0 Å². The minimum atomic E-state index is 0.248. The number of hydrogen-bond acceptors (Lipinski definition) is 3. The Balaban J connectivity index is 3.06. The molecule has 0 amide bonds. The lowest BCUT2D eigenvalue weighted by Crippen LogP contribution is -2.03. The maximum absolute atomic E-state index is 9.50. The van der Waals surface area contributed by atoms with Gasteiger partial charge in [-0.3, -0.25) is 0 Å². The summed E-state index contributed by atoms with van der Waals surface area (Å²) < 4.78 is 5.83. The molecule has 0 aliphatic carbocycles. The highest BCUT2D eigenvalue weighted by Crippen LogP contribution is 2.32. The Labute approximate surface area is 85.6 Å². The summed E-state index contributed by atoms with van der Waals surface area (Å²) in [6.07, 6.45) is 0.648. The normalized spacial score (nSPS) is 10.1. The van der Waals surface area contributed by atoms with Crippen LogP contribution in [0.5, 0.6) is 11.5 Å². The Hall–Kier alpha value is -0.740. The van der Waals surface area contributed by atoms with Gasteiger partial charge in [0.2, 0.25) is 0 Å². The summed E-state index contributed by atoms with van der Waals surface area (Å²) in [5, 5.41) is 9.50. The van der Waals surface area contributed by atoms with Crippen LogP contribution < -0.4 is 10.5 Å². The van der Waals surface area contributed by atoms with Crippen LogP contribution in [0, 0.1) is 0 Å². The highest BCUT2D eigenvalue weighted by atomic mass is 79.9. The summed E-state index contributed by atoms with van der Waals surface area (Å²) in [4.78, 5) is 0. The van der Waals surface area contributed by atoms with Crippen LogP contribution in [0.15, 0.2) is 16.6 Å². The smallest absolute Gasteiger partial charge is 0.133 e. The van der Waals surface area contributed by atoms with Crippen molar-refractivity contribution in [2.45, 2.75) is 6.42 Å². The number of halogens is 1. The molecule has 13 heavy (non-hydrogen) atoms. The van der Waals surface area contributed by atoms with E-state index < -0.39 is 0 Å². The Morgan fingerprint density at radius 3 is 2.77 bits per heavy atom. The standard InChI is InChI=1S/C9H12BrNO2/c1-13-9-4-6(2-3-11)8(12)5-7(9)10/h4-5,12H,2-3,11H2,1H3. The Morgan fingerprint density at radius 2 is 2.23 bits per heavy atom. The molecule has 0 heterocycles. The predicted molar refractivity (Wildman–Crippen MR) is 55.1 cm³/mol. The third-order valence-electron chi connectivity index (χ3n) is 1.77. The highest BCUT2D eigenvalue weighted by Gasteiger charge is 2.06. The number of methoxy groups -OCH3 is 1. The molecule has 0 aliphatic rings. The molecule has 0 aromatic heterocycles. The fourth-order valence-corrected chi connectivity index (χ4v) is 1.59. The molecular formula is C9H12BrNO2. The van der Waals surface area contributed by atoms with Crippen molar-refractivity contribution < 1.29 is 9.84 Å². The van der Waals surface area contributed by atoms with E-state index in [4.69, 9.17) is 10.5 Å². The number of nitrogens with two attached hydrogens (primary N) is 1. The van der Waals surface area contributed by atoms with Gasteiger partial charge >= 0.3 is 0 Å². The number of hydrogen-bond donors (Lipinski definition) is 2. The van der Waals surface area contributed by atoms with E-state index in [1.165, 1.54) is 0 Å². The molecule has 1 aromatic carbocycles. The highest BCUT2D eigenvalue weighted by molar-refractivity contribution is 9.10. The van der Waals surface area contributed by atoms with E-state index in [1.54, 1.807) is 19.2 Å². The lowest BCUT2D eigenvalue weighted by Gasteiger charge is -2.08. The average Bonchev–Trinajstić information content (AvgIpc) is 2.10. The first-order chi connectivity index (χ1) is 6.19. The van der Waals surface area contributed by atoms with Gasteiger partial charge in [0.1, 0.15) is 11.5 Å². The molecule has 0 unspecified atom stereocenters. The van der Waals surface area contributed by atoms with Gasteiger partial charge in [0.15, 0.2) is 0 Å². The van der Waals surface area contributed by atoms with E-state index in [-0.39, 0.29) is 5.75 Å². The quantitative estimate of drug-likeness (QED) is 0.852. The molecule has 3 N–H and O–H groups in total. The van der Waals surface area contributed by atoms with Crippen molar-refractivity contribution in [3.8, 4) is 11.5 Å². The number of ether oxygens (including phenoxy) is 1. The van der Waals surface area contributed by atoms with Gasteiger partial charge in [-0.2, -0.15) is 0 Å². The molecule has 4 heteroatoms. The van der Waals surface area contributed by atoms with Crippen LogP contribution in [0.4, 0.5) is 0 Å². The Kier molecular flexibility index (Phi) is 3.57. The molecule has 1 aromatic rings. The van der Waals surface area contributed by atoms with Crippen LogP contribution >= 0.6 is 15.9 Å². The number of phenolic OH excluding ortho intramolecular Hbond substituents is 1. The van der Waals surface area contributed by atoms with Crippen molar-refractivity contribution in [1.29, 1.82) is 0 Å². The number of phenols is 1. The second-order valence-electron chi connectivity index (χ2n) is 2.65. The zero-order valence-corrected chi connectivity index (χ0v) is 8.97. The molecule has 72 valence electrons. The van der Waals surface area contributed by atoms with E-state index in [0.29, 0.717) is 18.7 Å². The molecule has 0 aliphatic heterocycles. The fraction of sp³-hybridized carbons (Fsp3) is 0.333. The van der Waals surface area contributed by atoms with E-state index >= 15 is 0 Å². The van der Waals surface area contributed by atoms with Gasteiger partial charge in [-0.1, -0.05) is 0 Å². The van der Waals surface area contributed by atoms with Crippen LogP contribution in [-0.2, 0) is 6.42 Å². The van der Waals surface area contributed by atoms with Gasteiger partial charge in [0, 0.05) is 0 Å². The first-order valence-electron chi connectivity index (χ1n) is 3.94. The van der Waals surface area contributed by atoms with Crippen molar-refractivity contribution in [2.24, 2.45) is 5.73 Å². The van der Waals surface area contributed by atoms with Gasteiger partial charge in [-0.05, 0) is 46.6 Å². The average molecular weight is 246 g/mol. The van der Waals surface area contributed by atoms with E-state index in [9.17, 15) is 5.11 Å². The largest absolute Gasteiger partial charge is 0.508 e. The third kappa shape index (κ3) is 2.35. The van der Waals surface area contributed by atoms with Crippen LogP contribution in [0.2, 0.25) is 0 Å². The van der Waals surface area contributed by atoms with Gasteiger partial charge in [0.25, 0.3) is 0 Å². The van der Waals surface area contributed by atoms with Gasteiger partial charge < -0.3 is 15.6 Å². The summed E-state index contributed by atoms with van der Waals surface area (Å²) in [7, 11) is 1.59. The Morgan fingerprint density at radius 1 is 1.54 bits per heavy atom. The van der Waals surface area contributed by atoms with Crippen molar-refractivity contribution >= 4 is 15.9 Å². The molecule has 0 spiro atoms. The van der Waals surface area contributed by atoms with E-state index in [0.717, 1.165) is 10.0 Å². The molecule has 0 bridgehead atoms. The monoisotopic (exact) mass is 245 g/mol. The minimum absolute atomic E-state index is 0.248. The maximum Gasteiger partial charge on any atom is 0.133 e. The Bertz CT molecular complexity index is 302. The molecule has 0 fully saturated rings. The first kappa shape index (κ1) is 10.3. The van der Waals surface area contributed by atoms with E-state index in [2.05, 4.69) is 15.9 Å². The summed E-state index contributed by atoms with van der Waals surface area (Å²) in [5.41, 5.74) is 6.20. The lowest BCUT2D eigenvalue weighted by molar-refractivity contribution is 0.408. The zero-order valence-electron chi connectivity index (χ0n) is 7.38. The van der Waals surface area contributed by atoms with Crippen LogP contribution in [0.25, 0.3) is 0 Å². The van der Waals surface area contributed by atoms with Gasteiger partial charge in [-0.15, -0.1) is 0 Å². The second kappa shape index (κ2) is 4.48. The summed E-state index contributed by atoms with van der Waals surface area (Å²) in [6, 6.07) is 3.40. The van der Waals surface area contributed by atoms with Crippen LogP contribution in [-0.4, -0.2) is 18.8 Å². The molecule has 0 atom stereocenters. The van der Waals surface area contributed by atoms with Gasteiger partial charge in [0.05, 0.1) is 11.6 Å². The summed E-state index contributed by atoms with van der Waals surface area (Å²) in [5.74, 6) is 0.958. The number of aromatic hydroxyl groups is 1. The summed E-state index contributed by atoms with van der Waals surface area (Å²) >= 11 is 3.28. The van der Waals surface area contributed by atoms with Crippen molar-refractivity contribution in [2.75, 3.05) is 13.7 Å². The molecular weight excluding hydrogens is 234 g/mol. The van der Waals surface area contributed by atoms with Crippen molar-refractivity contribution in [1.82, 2.24) is 0 Å². The first-order valence-corrected chi connectivity index (χ1v) is 4.73. The van der Waals surface area contributed by atoms with Crippen LogP contribution in [0.1, 0.15) is 5.56 Å². The number of benzene rings is 1. The van der Waals surface area contributed by atoms with Crippen LogP contribution in [0.3, 0.4) is 0 Å². The summed E-state index contributed by atoms with van der Waals surface area (Å²) in [6.45, 7) is 0.512. The minimum Gasteiger partial charge on any atom is -0.508 e. The molecule has 0 saturated heterocycles. The fourth-order valence-electron chi connectivity index (χ4n) is 1.10. The van der Waals surface area contributed by atoms with Gasteiger partial charge in [-0.25, -0.2) is 0 Å². The molecule has 3 nitrogen and oxygen atoms in total. The predicted octanol–water partition coefficient (Wildman–Crippen LogP) is 1.66. The van der Waals surface area contributed by atoms with Crippen molar-refractivity contribution in [3.63, 3.8) is 0 Å². The molecule has 0 saturated carbocycles. The SMILES string of the molecule is COc1cc(CCN)c(O)cc1Br. The second-order valence-corrected chi connectivity index (χ2v) is 3.51. The molecule has 1 rings (SSSR count). The lowest BCUT2D eigenvalue weighted by atomic mass is 10.1. The molecule has 0 radical (unpaired) electrons. The number of rotatable bonds is 3. The topological polar surface area (TPSA) is 55.5 Å². The zero-order chi connectivity index (χ0) is 9.84.